The fourth-order valence-corrected chi connectivity index (χ4v) is 8.32. The number of nitrogens with zero attached hydrogens (tertiary/aromatic N) is 2. The molecule has 2 bridgehead atoms. The molecule has 3 fully saturated rings. The van der Waals surface area contributed by atoms with Gasteiger partial charge in [0.05, 0.1) is 37.1 Å². The van der Waals surface area contributed by atoms with Gasteiger partial charge in [0.25, 0.3) is 0 Å². The molecule has 10 nitrogen and oxygen atoms in total. The highest BCUT2D eigenvalue weighted by atomic mass is 79.9. The van der Waals surface area contributed by atoms with E-state index in [1.54, 1.807) is 30.9 Å². The Morgan fingerprint density at radius 3 is 2.44 bits per heavy atom. The molecule has 1 unspecified atom stereocenters. The van der Waals surface area contributed by atoms with Gasteiger partial charge in [-0.1, -0.05) is 48.9 Å². The van der Waals surface area contributed by atoms with E-state index in [1.807, 2.05) is 13.8 Å². The van der Waals surface area contributed by atoms with Gasteiger partial charge in [-0.05, 0) is 52.4 Å². The number of hydrogen-bond acceptors (Lipinski definition) is 7. The fraction of sp³-hybridized carbons (Fsp3) is 0.750. The molecule has 0 aromatic carbocycles. The van der Waals surface area contributed by atoms with Crippen LogP contribution in [0.15, 0.2) is 25.3 Å². The van der Waals surface area contributed by atoms with Crippen LogP contribution in [0.1, 0.15) is 74.1 Å². The number of ether oxygens (including phenoxy) is 2. The Morgan fingerprint density at radius 2 is 1.88 bits per heavy atom. The number of aliphatic hydroxyl groups excluding tert-OH is 1. The van der Waals surface area contributed by atoms with E-state index in [0.717, 1.165) is 0 Å². The molecule has 3 saturated heterocycles. The number of fused-ring (bicyclic) bond motifs is 1. The van der Waals surface area contributed by atoms with E-state index in [2.05, 4.69) is 55.2 Å². The van der Waals surface area contributed by atoms with Gasteiger partial charge in [0, 0.05) is 23.3 Å². The Labute approximate surface area is 264 Å². The number of hydrogen-bond donors (Lipinski definition) is 2. The van der Waals surface area contributed by atoms with E-state index in [1.165, 1.54) is 4.90 Å². The maximum Gasteiger partial charge on any atom is 0.312 e. The third kappa shape index (κ3) is 7.04. The van der Waals surface area contributed by atoms with Gasteiger partial charge in [-0.3, -0.25) is 19.2 Å². The molecule has 2 N–H and O–H groups in total. The molecular formula is C32H50BrN3O7. The largest absolute Gasteiger partial charge is 0.460 e. The summed E-state index contributed by atoms with van der Waals surface area (Å²) < 4.78 is 12.3. The van der Waals surface area contributed by atoms with Gasteiger partial charge in [-0.2, -0.15) is 0 Å². The molecule has 3 heterocycles. The Bertz CT molecular complexity index is 1110. The highest BCUT2D eigenvalue weighted by molar-refractivity contribution is 9.09. The highest BCUT2D eigenvalue weighted by Crippen LogP contribution is 2.61. The first-order chi connectivity index (χ1) is 20.0. The number of likely N-dealkylation sites (tertiary alicyclic amines) is 1. The van der Waals surface area contributed by atoms with Gasteiger partial charge in [0.1, 0.15) is 17.7 Å². The monoisotopic (exact) mass is 667 g/mol. The lowest BCUT2D eigenvalue weighted by Crippen LogP contribution is -2.62. The van der Waals surface area contributed by atoms with E-state index >= 15 is 0 Å². The number of halogens is 1. The molecule has 1 spiro atoms. The van der Waals surface area contributed by atoms with Crippen LogP contribution in [0.2, 0.25) is 0 Å². The summed E-state index contributed by atoms with van der Waals surface area (Å²) in [5.41, 5.74) is -1.96. The lowest BCUT2D eigenvalue weighted by Gasteiger charge is -2.46. The molecule has 0 aromatic heterocycles. The van der Waals surface area contributed by atoms with Gasteiger partial charge in [0.2, 0.25) is 17.7 Å². The van der Waals surface area contributed by atoms with Gasteiger partial charge in [-0.25, -0.2) is 0 Å². The zero-order valence-electron chi connectivity index (χ0n) is 26.7. The minimum absolute atomic E-state index is 0.0898. The number of aliphatic hydroxyl groups is 1. The second-order valence-electron chi connectivity index (χ2n) is 14.1. The van der Waals surface area contributed by atoms with Crippen LogP contribution in [-0.4, -0.2) is 98.6 Å². The minimum atomic E-state index is -1.28. The number of carbonyl (C=O) groups excluding carboxylic acids is 4. The van der Waals surface area contributed by atoms with E-state index in [0.29, 0.717) is 19.3 Å². The Kier molecular flexibility index (Phi) is 11.0. The Hall–Kier alpha value is -2.24. The molecule has 0 aliphatic carbocycles. The van der Waals surface area contributed by atoms with Gasteiger partial charge in [-0.15, -0.1) is 13.2 Å². The van der Waals surface area contributed by atoms with Crippen LogP contribution in [0.4, 0.5) is 0 Å². The second-order valence-corrected chi connectivity index (χ2v) is 15.3. The summed E-state index contributed by atoms with van der Waals surface area (Å²) in [6, 6.07) is -1.73. The number of rotatable bonds is 14. The summed E-state index contributed by atoms with van der Waals surface area (Å²) in [6.07, 6.45) is 3.88. The Balaban J connectivity index is 1.96. The standard InChI is InChI=1S/C32H50BrN3O7/c1-10-12-13-22(38)34-16-20(4)42-29(41)23-24-27(39)36(19(3)17-37)26(32(24)15-21(33)25(23)43-32)28(40)35(14-11-2)31(8,9)18-30(5,6)7/h10-11,19-21,23-26,37H,1-2,12-18H2,3-9H3,(H,34,38)/t19-,20+,21?,23+,24-,25+,26+,32-/m1/s1. The number of alkyl halides is 1. The third-order valence-electron chi connectivity index (χ3n) is 8.72. The molecule has 3 aliphatic heterocycles. The molecule has 0 radical (unpaired) electrons. The predicted octanol–water partition coefficient (Wildman–Crippen LogP) is 3.36. The molecule has 0 saturated carbocycles. The molecule has 3 rings (SSSR count). The van der Waals surface area contributed by atoms with Crippen LogP contribution >= 0.6 is 15.9 Å². The zero-order valence-corrected chi connectivity index (χ0v) is 28.3. The van der Waals surface area contributed by atoms with Crippen molar-refractivity contribution in [1.29, 1.82) is 0 Å². The summed E-state index contributed by atoms with van der Waals surface area (Å²) in [7, 11) is 0. The average molecular weight is 669 g/mol. The highest BCUT2D eigenvalue weighted by Gasteiger charge is 2.77. The van der Waals surface area contributed by atoms with Crippen molar-refractivity contribution in [2.45, 2.75) is 114 Å². The quantitative estimate of drug-likeness (QED) is 0.165. The maximum absolute atomic E-state index is 14.7. The van der Waals surface area contributed by atoms with Crippen molar-refractivity contribution >= 4 is 39.6 Å². The van der Waals surface area contributed by atoms with Crippen LogP contribution in [-0.2, 0) is 28.7 Å². The smallest absolute Gasteiger partial charge is 0.312 e. The first-order valence-corrected chi connectivity index (χ1v) is 16.1. The summed E-state index contributed by atoms with van der Waals surface area (Å²) >= 11 is 3.67. The molecule has 0 aromatic rings. The average Bonchev–Trinajstić information content (AvgIpc) is 3.50. The lowest BCUT2D eigenvalue weighted by atomic mass is 9.70. The van der Waals surface area contributed by atoms with Crippen molar-refractivity contribution in [2.24, 2.45) is 17.3 Å². The second kappa shape index (κ2) is 13.4. The number of nitrogens with one attached hydrogen (secondary N) is 1. The molecule has 3 aliphatic rings. The maximum atomic E-state index is 14.7. The van der Waals surface area contributed by atoms with Gasteiger partial charge in [0.15, 0.2) is 0 Å². The first kappa shape index (κ1) is 35.2. The van der Waals surface area contributed by atoms with E-state index in [-0.39, 0.29) is 48.2 Å². The topological polar surface area (TPSA) is 125 Å². The van der Waals surface area contributed by atoms with Crippen molar-refractivity contribution in [2.75, 3.05) is 19.7 Å². The van der Waals surface area contributed by atoms with Crippen molar-refractivity contribution in [3.05, 3.63) is 25.3 Å². The summed E-state index contributed by atoms with van der Waals surface area (Å²) in [5, 5.41) is 12.9. The number of carbonyl (C=O) groups is 4. The van der Waals surface area contributed by atoms with Crippen molar-refractivity contribution in [3.63, 3.8) is 0 Å². The molecule has 3 amide bonds. The van der Waals surface area contributed by atoms with Crippen LogP contribution in [0.25, 0.3) is 0 Å². The third-order valence-corrected chi connectivity index (χ3v) is 9.57. The van der Waals surface area contributed by atoms with E-state index < -0.39 is 59.1 Å². The molecule has 242 valence electrons. The van der Waals surface area contributed by atoms with E-state index in [9.17, 15) is 24.3 Å². The molecule has 11 heteroatoms. The Morgan fingerprint density at radius 1 is 1.23 bits per heavy atom. The summed E-state index contributed by atoms with van der Waals surface area (Å²) in [5.74, 6) is -3.39. The van der Waals surface area contributed by atoms with E-state index in [4.69, 9.17) is 9.47 Å². The SMILES string of the molecule is C=CCCC(=O)NC[C@H](C)OC(=O)[C@@H]1[C@H]2O[C@@]3(CC2Br)[C@H](C(=O)N(CC=C)C(C)(C)CC(C)(C)C)N([C@H](C)CO)C(=O)[C@@H]13. The number of esters is 1. The number of amides is 3. The van der Waals surface area contributed by atoms with Crippen molar-refractivity contribution in [1.82, 2.24) is 15.1 Å². The van der Waals surface area contributed by atoms with Crippen molar-refractivity contribution in [3.8, 4) is 0 Å². The molecule has 43 heavy (non-hydrogen) atoms. The van der Waals surface area contributed by atoms with Crippen molar-refractivity contribution < 1.29 is 33.8 Å². The lowest BCUT2D eigenvalue weighted by molar-refractivity contribution is -0.160. The van der Waals surface area contributed by atoms with Crippen LogP contribution in [0, 0.1) is 17.3 Å². The molecular weight excluding hydrogens is 618 g/mol. The first-order valence-electron chi connectivity index (χ1n) is 15.2. The zero-order chi connectivity index (χ0) is 32.5. The van der Waals surface area contributed by atoms with Gasteiger partial charge < -0.3 is 29.7 Å². The number of allylic oxidation sites excluding steroid dienone is 1. The minimum Gasteiger partial charge on any atom is -0.460 e. The molecule has 8 atom stereocenters. The normalized spacial score (nSPS) is 29.6. The summed E-state index contributed by atoms with van der Waals surface area (Å²) in [4.78, 5) is 57.5. The van der Waals surface area contributed by atoms with Gasteiger partial charge >= 0.3 is 5.97 Å². The van der Waals surface area contributed by atoms with Crippen LogP contribution in [0.3, 0.4) is 0 Å². The van der Waals surface area contributed by atoms with Crippen LogP contribution < -0.4 is 5.32 Å². The summed E-state index contributed by atoms with van der Waals surface area (Å²) in [6.45, 7) is 21.2. The van der Waals surface area contributed by atoms with Crippen LogP contribution in [0.5, 0.6) is 0 Å². The predicted molar refractivity (Wildman–Crippen MR) is 167 cm³/mol. The fourth-order valence-electron chi connectivity index (χ4n) is 7.38.